The van der Waals surface area contributed by atoms with E-state index in [9.17, 15) is 4.79 Å². The first-order chi connectivity index (χ1) is 11.4. The first kappa shape index (κ1) is 16.3. The molecule has 3 saturated carbocycles. The fraction of sp³-hybridized carbons (Fsp3) is 0.714. The van der Waals surface area contributed by atoms with Gasteiger partial charge < -0.3 is 4.74 Å². The van der Waals surface area contributed by atoms with Gasteiger partial charge in [0.15, 0.2) is 0 Å². The minimum atomic E-state index is -0.387. The highest BCUT2D eigenvalue weighted by molar-refractivity contribution is 5.86. The molecule has 0 aromatic rings. The second kappa shape index (κ2) is 5.39. The Hall–Kier alpha value is -1.22. The molecule has 5 rings (SSSR count). The molecule has 3 heteroatoms. The molecule has 3 aliphatic carbocycles. The van der Waals surface area contributed by atoms with Gasteiger partial charge in [-0.2, -0.15) is 0 Å². The van der Waals surface area contributed by atoms with Crippen LogP contribution in [-0.2, 0) is 9.53 Å². The molecule has 24 heavy (non-hydrogen) atoms. The molecule has 3 nitrogen and oxygen atoms in total. The van der Waals surface area contributed by atoms with E-state index in [0.717, 1.165) is 24.3 Å². The van der Waals surface area contributed by atoms with E-state index in [1.54, 1.807) is 0 Å². The number of carbonyl (C=O) groups excluding carboxylic acids is 1. The Kier molecular flexibility index (Phi) is 3.65. The van der Waals surface area contributed by atoms with Crippen LogP contribution in [0, 0.1) is 23.7 Å². The molecule has 6 atom stereocenters. The number of ketones is 1. The SMILES string of the molecule is C=C/C=C(\N=C(C)C)C1C[C@@H]2C3CCCCC34CC(=O)C2C1(C)O4. The van der Waals surface area contributed by atoms with Crippen LogP contribution < -0.4 is 0 Å². The third kappa shape index (κ3) is 2.06. The molecule has 2 saturated heterocycles. The Balaban J connectivity index is 1.79. The number of carbonyl (C=O) groups is 1. The van der Waals surface area contributed by atoms with Crippen LogP contribution in [0.15, 0.2) is 29.4 Å². The standard InChI is InChI=1S/C21H29NO2/c1-5-8-17(22-13(2)3)16-11-14-15-9-6-7-10-21(15)12-18(23)19(14)20(16,4)24-21/h5,8,14-16,19H,1,6-7,9-12H2,2-4H3/b17-8-/t14-,15?,16?,19?,20?,21?/m1/s1. The van der Waals surface area contributed by atoms with Gasteiger partial charge in [0, 0.05) is 23.7 Å². The number of ether oxygens (including phenoxy) is 1. The number of fused-ring (bicyclic) bond motifs is 1. The zero-order valence-electron chi connectivity index (χ0n) is 15.2. The lowest BCUT2D eigenvalue weighted by Gasteiger charge is -2.61. The topological polar surface area (TPSA) is 38.7 Å². The van der Waals surface area contributed by atoms with Crippen LogP contribution in [0.1, 0.15) is 59.3 Å². The summed E-state index contributed by atoms with van der Waals surface area (Å²) < 4.78 is 6.88. The molecular formula is C21H29NO2. The molecule has 4 bridgehead atoms. The van der Waals surface area contributed by atoms with Gasteiger partial charge in [-0.25, -0.2) is 0 Å². The number of nitrogens with zero attached hydrogens (tertiary/aromatic N) is 1. The van der Waals surface area contributed by atoms with Crippen molar-refractivity contribution in [3.63, 3.8) is 0 Å². The van der Waals surface area contributed by atoms with Crippen LogP contribution in [0.2, 0.25) is 0 Å². The molecule has 2 aliphatic heterocycles. The Labute approximate surface area is 145 Å². The van der Waals surface area contributed by atoms with E-state index in [2.05, 4.69) is 13.5 Å². The van der Waals surface area contributed by atoms with Gasteiger partial charge in [-0.1, -0.05) is 25.5 Å². The second-order valence-corrected chi connectivity index (χ2v) is 8.66. The van der Waals surface area contributed by atoms with Crippen molar-refractivity contribution in [3.05, 3.63) is 24.4 Å². The summed E-state index contributed by atoms with van der Waals surface area (Å²) in [5.41, 5.74) is 1.52. The van der Waals surface area contributed by atoms with Crippen molar-refractivity contribution < 1.29 is 9.53 Å². The highest BCUT2D eigenvalue weighted by Gasteiger charge is 2.72. The summed E-state index contributed by atoms with van der Waals surface area (Å²) in [6.07, 6.45) is 10.3. The Morgan fingerprint density at radius 2 is 2.17 bits per heavy atom. The minimum absolute atomic E-state index is 0.0630. The Bertz CT molecular complexity index is 644. The van der Waals surface area contributed by atoms with Gasteiger partial charge in [0.2, 0.25) is 0 Å². The molecule has 1 spiro atoms. The van der Waals surface area contributed by atoms with Crippen molar-refractivity contribution in [1.82, 2.24) is 0 Å². The Morgan fingerprint density at radius 1 is 1.38 bits per heavy atom. The van der Waals surface area contributed by atoms with Gasteiger partial charge in [0.05, 0.1) is 17.1 Å². The predicted molar refractivity (Wildman–Crippen MR) is 96.0 cm³/mol. The molecule has 5 aliphatic rings. The summed E-state index contributed by atoms with van der Waals surface area (Å²) in [5.74, 6) is 1.77. The van der Waals surface area contributed by atoms with Crippen molar-refractivity contribution in [2.24, 2.45) is 28.7 Å². The first-order valence-electron chi connectivity index (χ1n) is 9.49. The number of allylic oxidation sites excluding steroid dienone is 2. The highest BCUT2D eigenvalue weighted by Crippen LogP contribution is 2.67. The lowest BCUT2D eigenvalue weighted by atomic mass is 9.55. The minimum Gasteiger partial charge on any atom is -0.367 e. The third-order valence-corrected chi connectivity index (χ3v) is 7.04. The van der Waals surface area contributed by atoms with Crippen LogP contribution in [0.25, 0.3) is 0 Å². The molecule has 5 fully saturated rings. The van der Waals surface area contributed by atoms with Gasteiger partial charge >= 0.3 is 0 Å². The predicted octanol–water partition coefficient (Wildman–Crippen LogP) is 4.48. The van der Waals surface area contributed by atoms with E-state index in [0.29, 0.717) is 24.0 Å². The van der Waals surface area contributed by atoms with Crippen LogP contribution in [0.5, 0.6) is 0 Å². The smallest absolute Gasteiger partial charge is 0.142 e. The zero-order valence-corrected chi connectivity index (χ0v) is 15.2. The highest BCUT2D eigenvalue weighted by atomic mass is 16.5. The zero-order chi connectivity index (χ0) is 17.1. The van der Waals surface area contributed by atoms with Crippen molar-refractivity contribution in [2.75, 3.05) is 0 Å². The number of rotatable bonds is 3. The molecule has 0 radical (unpaired) electrons. The lowest BCUT2D eigenvalue weighted by Crippen LogP contribution is -2.67. The van der Waals surface area contributed by atoms with Crippen LogP contribution in [-0.4, -0.2) is 22.7 Å². The summed E-state index contributed by atoms with van der Waals surface area (Å²) in [6.45, 7) is 10.1. The van der Waals surface area contributed by atoms with E-state index >= 15 is 0 Å². The number of Topliss-reactive ketones (excluding diaryl/α,β-unsaturated/α-hetero) is 1. The summed E-state index contributed by atoms with van der Waals surface area (Å²) in [7, 11) is 0. The normalized spacial score (nSPS) is 46.6. The molecule has 0 N–H and O–H groups in total. The third-order valence-electron chi connectivity index (χ3n) is 7.04. The van der Waals surface area contributed by atoms with Crippen LogP contribution in [0.4, 0.5) is 0 Å². The first-order valence-corrected chi connectivity index (χ1v) is 9.49. The molecular weight excluding hydrogens is 298 g/mol. The number of aliphatic imine (C=N–C) groups is 1. The van der Waals surface area contributed by atoms with E-state index in [1.165, 1.54) is 19.3 Å². The average molecular weight is 327 g/mol. The van der Waals surface area contributed by atoms with E-state index in [1.807, 2.05) is 26.0 Å². The summed E-state index contributed by atoms with van der Waals surface area (Å²) >= 11 is 0. The van der Waals surface area contributed by atoms with Crippen molar-refractivity contribution in [2.45, 2.75) is 70.5 Å². The average Bonchev–Trinajstić information content (AvgIpc) is 2.75. The van der Waals surface area contributed by atoms with Gasteiger partial charge in [-0.3, -0.25) is 9.79 Å². The Morgan fingerprint density at radius 3 is 2.88 bits per heavy atom. The van der Waals surface area contributed by atoms with Crippen molar-refractivity contribution in [1.29, 1.82) is 0 Å². The maximum Gasteiger partial charge on any atom is 0.142 e. The van der Waals surface area contributed by atoms with Gasteiger partial charge in [0.25, 0.3) is 0 Å². The quantitative estimate of drug-likeness (QED) is 0.566. The molecule has 0 amide bonds. The summed E-state index contributed by atoms with van der Waals surface area (Å²) in [5, 5.41) is 0. The monoisotopic (exact) mass is 327 g/mol. The molecule has 0 aromatic carbocycles. The van der Waals surface area contributed by atoms with E-state index < -0.39 is 0 Å². The van der Waals surface area contributed by atoms with Gasteiger partial charge in [-0.05, 0) is 57.9 Å². The maximum absolute atomic E-state index is 13.0. The maximum atomic E-state index is 13.0. The lowest BCUT2D eigenvalue weighted by molar-refractivity contribution is -0.270. The fourth-order valence-electron chi connectivity index (χ4n) is 6.46. The molecule has 0 aromatic heterocycles. The molecule has 5 unspecified atom stereocenters. The summed E-state index contributed by atoms with van der Waals surface area (Å²) in [6, 6.07) is 0. The molecule has 2 heterocycles. The van der Waals surface area contributed by atoms with Gasteiger partial charge in [-0.15, -0.1) is 0 Å². The summed E-state index contributed by atoms with van der Waals surface area (Å²) in [4.78, 5) is 17.8. The number of hydrogen-bond donors (Lipinski definition) is 0. The van der Waals surface area contributed by atoms with Gasteiger partial charge in [0.1, 0.15) is 5.78 Å². The van der Waals surface area contributed by atoms with Crippen molar-refractivity contribution >= 4 is 11.5 Å². The van der Waals surface area contributed by atoms with Crippen LogP contribution >= 0.6 is 0 Å². The largest absolute Gasteiger partial charge is 0.367 e. The van der Waals surface area contributed by atoms with E-state index in [-0.39, 0.29) is 23.0 Å². The fourth-order valence-corrected chi connectivity index (χ4v) is 6.46. The molecule has 130 valence electrons. The van der Waals surface area contributed by atoms with Crippen LogP contribution in [0.3, 0.4) is 0 Å². The van der Waals surface area contributed by atoms with E-state index in [4.69, 9.17) is 9.73 Å². The number of hydrogen-bond acceptors (Lipinski definition) is 3. The van der Waals surface area contributed by atoms with Crippen molar-refractivity contribution in [3.8, 4) is 0 Å². The second-order valence-electron chi connectivity index (χ2n) is 8.66.